The molecule has 24 heavy (non-hydrogen) atoms. The van der Waals surface area contributed by atoms with Gasteiger partial charge >= 0.3 is 0 Å². The van der Waals surface area contributed by atoms with Gasteiger partial charge in [0.05, 0.1) is 11.0 Å². The van der Waals surface area contributed by atoms with Crippen molar-refractivity contribution in [1.29, 1.82) is 0 Å². The summed E-state index contributed by atoms with van der Waals surface area (Å²) in [6, 6.07) is 0. The first-order valence-corrected chi connectivity index (χ1v) is 9.25. The number of hydrogen-bond donors (Lipinski definition) is 1. The van der Waals surface area contributed by atoms with Crippen molar-refractivity contribution in [2.24, 2.45) is 34.0 Å². The number of aliphatic hydroxyl groups is 1. The summed E-state index contributed by atoms with van der Waals surface area (Å²) in [5.74, 6) is -0.424. The summed E-state index contributed by atoms with van der Waals surface area (Å²) in [6.45, 7) is 5.87. The molecule has 7 saturated carbocycles. The highest BCUT2D eigenvalue weighted by molar-refractivity contribution is 6.09. The molecule has 128 valence electrons. The van der Waals surface area contributed by atoms with Gasteiger partial charge in [0.25, 0.3) is 0 Å². The van der Waals surface area contributed by atoms with E-state index in [9.17, 15) is 19.5 Å². The molecule has 7 aliphatic rings. The lowest BCUT2D eigenvalue weighted by atomic mass is 9.26. The summed E-state index contributed by atoms with van der Waals surface area (Å²) >= 11 is 0. The zero-order valence-corrected chi connectivity index (χ0v) is 14.1. The molecule has 0 aromatic heterocycles. The molecule has 0 amide bonds. The Kier molecular flexibility index (Phi) is 2.45. The second-order valence-corrected chi connectivity index (χ2v) is 9.25. The van der Waals surface area contributed by atoms with Crippen LogP contribution in [0.5, 0.6) is 0 Å². The molecule has 7 rings (SSSR count). The number of Topliss-reactive ketones (excluding diaryl/α,β-unsaturated/α-hetero) is 2. The fourth-order valence-corrected chi connectivity index (χ4v) is 7.93. The van der Waals surface area contributed by atoms with E-state index in [1.165, 1.54) is 0 Å². The molecule has 2 spiro atoms. The third kappa shape index (κ3) is 1.12. The Morgan fingerprint density at radius 1 is 1.17 bits per heavy atom. The van der Waals surface area contributed by atoms with Crippen LogP contribution in [0, 0.1) is 34.0 Å². The monoisotopic (exact) mass is 328 g/mol. The van der Waals surface area contributed by atoms with Crippen LogP contribution in [0.2, 0.25) is 0 Å². The van der Waals surface area contributed by atoms with Gasteiger partial charge in [-0.25, -0.2) is 0 Å². The lowest BCUT2D eigenvalue weighted by Gasteiger charge is -2.76. The predicted octanol–water partition coefficient (Wildman–Crippen LogP) is 2.24. The summed E-state index contributed by atoms with van der Waals surface area (Å²) in [5, 5.41) is 11.9. The van der Waals surface area contributed by atoms with Crippen molar-refractivity contribution < 1.29 is 19.5 Å². The van der Waals surface area contributed by atoms with E-state index >= 15 is 0 Å². The number of fused-ring (bicyclic) bond motifs is 2. The molecule has 7 fully saturated rings. The van der Waals surface area contributed by atoms with Gasteiger partial charge in [0.2, 0.25) is 0 Å². The average Bonchev–Trinajstić information content (AvgIpc) is 2.57. The third-order valence-corrected chi connectivity index (χ3v) is 8.95. The molecular weight excluding hydrogens is 304 g/mol. The van der Waals surface area contributed by atoms with Crippen molar-refractivity contribution in [3.63, 3.8) is 0 Å². The highest BCUT2D eigenvalue weighted by atomic mass is 16.3. The predicted molar refractivity (Wildman–Crippen MR) is 85.9 cm³/mol. The molecule has 7 atom stereocenters. The number of carbonyl (C=O) groups excluding carboxylic acids is 3. The second kappa shape index (κ2) is 3.92. The van der Waals surface area contributed by atoms with Crippen molar-refractivity contribution in [1.82, 2.24) is 0 Å². The van der Waals surface area contributed by atoms with Crippen LogP contribution in [0.4, 0.5) is 0 Å². The zero-order chi connectivity index (χ0) is 17.1. The molecule has 0 heterocycles. The first-order chi connectivity index (χ1) is 11.3. The van der Waals surface area contributed by atoms with Crippen LogP contribution in [0.25, 0.3) is 0 Å². The smallest absolute Gasteiger partial charge is 0.165 e. The largest absolute Gasteiger partial charge is 0.388 e. The van der Waals surface area contributed by atoms with Crippen molar-refractivity contribution in [3.8, 4) is 0 Å². The van der Waals surface area contributed by atoms with E-state index in [2.05, 4.69) is 6.58 Å². The molecule has 4 heteroatoms. The van der Waals surface area contributed by atoms with Crippen LogP contribution < -0.4 is 0 Å². The third-order valence-electron chi connectivity index (χ3n) is 8.95. The topological polar surface area (TPSA) is 71.4 Å². The quantitative estimate of drug-likeness (QED) is 0.592. The summed E-state index contributed by atoms with van der Waals surface area (Å²) < 4.78 is 0. The van der Waals surface area contributed by atoms with E-state index in [4.69, 9.17) is 0 Å². The second-order valence-electron chi connectivity index (χ2n) is 9.25. The lowest BCUT2D eigenvalue weighted by Crippen LogP contribution is -2.82. The molecule has 0 aromatic rings. The average molecular weight is 328 g/mol. The van der Waals surface area contributed by atoms with E-state index < -0.39 is 21.8 Å². The number of ketones is 2. The Hall–Kier alpha value is -1.29. The SMILES string of the molecule is C=C1C(=O)[C@]23CC[C@]45C(=O)[C@H]2CC1C[C@H]3[C@@]4(O)CCC[C@@]5(C)C=O. The fraction of sp³-hybridized carbons (Fsp3) is 0.750. The summed E-state index contributed by atoms with van der Waals surface area (Å²) in [4.78, 5) is 38.9. The molecule has 1 N–H and O–H groups in total. The summed E-state index contributed by atoms with van der Waals surface area (Å²) in [6.07, 6.45) is 5.38. The minimum Gasteiger partial charge on any atom is -0.388 e. The fourth-order valence-electron chi connectivity index (χ4n) is 7.93. The van der Waals surface area contributed by atoms with Gasteiger partial charge in [-0.2, -0.15) is 0 Å². The van der Waals surface area contributed by atoms with Gasteiger partial charge in [-0.3, -0.25) is 9.59 Å². The van der Waals surface area contributed by atoms with Crippen LogP contribution >= 0.6 is 0 Å². The number of aldehydes is 1. The summed E-state index contributed by atoms with van der Waals surface area (Å²) in [5.41, 5.74) is -3.07. The van der Waals surface area contributed by atoms with Crippen molar-refractivity contribution in [2.45, 2.75) is 57.5 Å². The lowest BCUT2D eigenvalue weighted by molar-refractivity contribution is -0.290. The standard InChI is InChI=1S/C20H24O4/c1-11-12-8-13-16(23)19-7-6-18(13,15(11)22)14(9-12)20(19,24)5-3-4-17(19,2)10-21/h10,12-14,24H,1,3-9H2,2H3/t12?,13-,14-,17+,18-,19-,20+/m1/s1. The maximum atomic E-state index is 13.7. The van der Waals surface area contributed by atoms with Gasteiger partial charge < -0.3 is 9.90 Å². The minimum atomic E-state index is -1.21. The van der Waals surface area contributed by atoms with Gasteiger partial charge in [0, 0.05) is 22.7 Å². The molecule has 0 radical (unpaired) electrons. The van der Waals surface area contributed by atoms with E-state index in [1.54, 1.807) is 0 Å². The van der Waals surface area contributed by atoms with Crippen molar-refractivity contribution >= 4 is 17.9 Å². The number of carbonyl (C=O) groups is 3. The molecular formula is C20H24O4. The van der Waals surface area contributed by atoms with Gasteiger partial charge in [-0.15, -0.1) is 0 Å². The van der Waals surface area contributed by atoms with E-state index in [-0.39, 0.29) is 29.3 Å². The Morgan fingerprint density at radius 3 is 2.62 bits per heavy atom. The van der Waals surface area contributed by atoms with Crippen LogP contribution in [-0.4, -0.2) is 28.6 Å². The van der Waals surface area contributed by atoms with Gasteiger partial charge in [-0.05, 0) is 56.4 Å². The van der Waals surface area contributed by atoms with Crippen molar-refractivity contribution in [3.05, 3.63) is 12.2 Å². The van der Waals surface area contributed by atoms with Gasteiger partial charge in [0.15, 0.2) is 5.78 Å². The molecule has 4 nitrogen and oxygen atoms in total. The maximum Gasteiger partial charge on any atom is 0.165 e. The summed E-state index contributed by atoms with van der Waals surface area (Å²) in [7, 11) is 0. The Bertz CT molecular complexity index is 725. The molecule has 0 aromatic carbocycles. The van der Waals surface area contributed by atoms with Gasteiger partial charge in [-0.1, -0.05) is 13.5 Å². The van der Waals surface area contributed by atoms with Gasteiger partial charge in [0.1, 0.15) is 12.1 Å². The Morgan fingerprint density at radius 2 is 1.92 bits per heavy atom. The molecule has 0 saturated heterocycles. The number of hydrogen-bond acceptors (Lipinski definition) is 4. The Labute approximate surface area is 141 Å². The van der Waals surface area contributed by atoms with Crippen LogP contribution in [0.3, 0.4) is 0 Å². The van der Waals surface area contributed by atoms with Crippen molar-refractivity contribution in [2.75, 3.05) is 0 Å². The molecule has 5 bridgehead atoms. The normalized spacial score (nSPS) is 57.9. The highest BCUT2D eigenvalue weighted by Gasteiger charge is 2.83. The van der Waals surface area contributed by atoms with Crippen LogP contribution in [-0.2, 0) is 14.4 Å². The van der Waals surface area contributed by atoms with E-state index in [1.807, 2.05) is 6.92 Å². The minimum absolute atomic E-state index is 0.00681. The number of rotatable bonds is 1. The zero-order valence-electron chi connectivity index (χ0n) is 14.1. The van der Waals surface area contributed by atoms with Crippen LogP contribution in [0.15, 0.2) is 12.2 Å². The first-order valence-electron chi connectivity index (χ1n) is 9.25. The van der Waals surface area contributed by atoms with Crippen LogP contribution in [0.1, 0.15) is 51.9 Å². The van der Waals surface area contributed by atoms with E-state index in [0.29, 0.717) is 37.7 Å². The first kappa shape index (κ1) is 15.0. The molecule has 1 unspecified atom stereocenters. The molecule has 7 aliphatic carbocycles. The molecule has 0 aliphatic heterocycles. The van der Waals surface area contributed by atoms with E-state index in [0.717, 1.165) is 19.1 Å². The highest BCUT2D eigenvalue weighted by Crippen LogP contribution is 2.78. The number of allylic oxidation sites excluding steroid dienone is 1. The Balaban J connectivity index is 1.81. The maximum absolute atomic E-state index is 13.7.